The Morgan fingerprint density at radius 3 is 2.46 bits per heavy atom. The van der Waals surface area contributed by atoms with Gasteiger partial charge in [-0.25, -0.2) is 0 Å². The number of benzene rings is 1. The van der Waals surface area contributed by atoms with Gasteiger partial charge in [-0.05, 0) is 44.2 Å². The number of ether oxygens (including phenoxy) is 1. The standard InChI is InChI=1S/C23H30N2O3/c1-4-20-22(17(3)26)16(2)24-23(20)21(27)14-25-12-10-19(11-13-25)28-15-18-8-6-5-7-9-18/h5-9,19,24H,4,10-15H2,1-3H3. The molecule has 2 heterocycles. The normalized spacial score (nSPS) is 15.7. The predicted molar refractivity (Wildman–Crippen MR) is 110 cm³/mol. The molecule has 3 rings (SSSR count). The van der Waals surface area contributed by atoms with Crippen molar-refractivity contribution in [2.75, 3.05) is 19.6 Å². The Morgan fingerprint density at radius 1 is 1.18 bits per heavy atom. The number of hydrogen-bond acceptors (Lipinski definition) is 4. The van der Waals surface area contributed by atoms with Gasteiger partial charge in [-0.1, -0.05) is 37.3 Å². The lowest BCUT2D eigenvalue weighted by atomic mass is 10.0. The van der Waals surface area contributed by atoms with E-state index in [1.165, 1.54) is 5.56 Å². The van der Waals surface area contributed by atoms with Crippen LogP contribution in [-0.2, 0) is 17.8 Å². The van der Waals surface area contributed by atoms with Gasteiger partial charge in [0.15, 0.2) is 11.6 Å². The molecule has 1 N–H and O–H groups in total. The number of aromatic nitrogens is 1. The number of carbonyl (C=O) groups is 2. The topological polar surface area (TPSA) is 62.4 Å². The predicted octanol–water partition coefficient (Wildman–Crippen LogP) is 3.95. The molecule has 1 aliphatic rings. The van der Waals surface area contributed by atoms with Gasteiger partial charge >= 0.3 is 0 Å². The molecule has 5 heteroatoms. The number of H-pyrrole nitrogens is 1. The number of nitrogens with one attached hydrogen (secondary N) is 1. The van der Waals surface area contributed by atoms with Gasteiger partial charge in [0.2, 0.25) is 0 Å². The van der Waals surface area contributed by atoms with Gasteiger partial charge in [0.05, 0.1) is 24.9 Å². The molecule has 28 heavy (non-hydrogen) atoms. The van der Waals surface area contributed by atoms with Crippen molar-refractivity contribution in [1.82, 2.24) is 9.88 Å². The lowest BCUT2D eigenvalue weighted by Crippen LogP contribution is -2.40. The van der Waals surface area contributed by atoms with Crippen LogP contribution in [0.25, 0.3) is 0 Å². The quantitative estimate of drug-likeness (QED) is 0.702. The second kappa shape index (κ2) is 9.30. The van der Waals surface area contributed by atoms with Crippen molar-refractivity contribution in [3.8, 4) is 0 Å². The molecular weight excluding hydrogens is 352 g/mol. The van der Waals surface area contributed by atoms with E-state index in [0.29, 0.717) is 30.8 Å². The molecule has 150 valence electrons. The van der Waals surface area contributed by atoms with Crippen LogP contribution in [-0.4, -0.2) is 47.2 Å². The highest BCUT2D eigenvalue weighted by Gasteiger charge is 2.25. The molecule has 0 saturated carbocycles. The van der Waals surface area contributed by atoms with Crippen LogP contribution >= 0.6 is 0 Å². The summed E-state index contributed by atoms with van der Waals surface area (Å²) in [5.41, 5.74) is 4.12. The molecule has 0 bridgehead atoms. The van der Waals surface area contributed by atoms with Crippen molar-refractivity contribution in [3.05, 3.63) is 58.4 Å². The number of piperidine rings is 1. The third-order valence-electron chi connectivity index (χ3n) is 5.51. The molecule has 1 saturated heterocycles. The van der Waals surface area contributed by atoms with Crippen molar-refractivity contribution in [2.24, 2.45) is 0 Å². The van der Waals surface area contributed by atoms with Crippen LogP contribution in [0.5, 0.6) is 0 Å². The van der Waals surface area contributed by atoms with Crippen LogP contribution in [0, 0.1) is 6.92 Å². The fraction of sp³-hybridized carbons (Fsp3) is 0.478. The van der Waals surface area contributed by atoms with Gasteiger partial charge in [-0.15, -0.1) is 0 Å². The van der Waals surface area contributed by atoms with Crippen LogP contribution in [0.15, 0.2) is 30.3 Å². The summed E-state index contributed by atoms with van der Waals surface area (Å²) < 4.78 is 6.03. The maximum atomic E-state index is 12.9. The van der Waals surface area contributed by atoms with Crippen molar-refractivity contribution in [3.63, 3.8) is 0 Å². The molecule has 0 aliphatic carbocycles. The summed E-state index contributed by atoms with van der Waals surface area (Å²) in [7, 11) is 0. The number of carbonyl (C=O) groups excluding carboxylic acids is 2. The molecule has 0 amide bonds. The lowest BCUT2D eigenvalue weighted by Gasteiger charge is -2.31. The number of aryl methyl sites for hydroxylation is 1. The molecule has 2 aromatic rings. The summed E-state index contributed by atoms with van der Waals surface area (Å²) in [5, 5.41) is 0. The Kier molecular flexibility index (Phi) is 6.81. The second-order valence-electron chi connectivity index (χ2n) is 7.58. The number of hydrogen-bond donors (Lipinski definition) is 1. The third-order valence-corrected chi connectivity index (χ3v) is 5.51. The molecule has 0 atom stereocenters. The summed E-state index contributed by atoms with van der Waals surface area (Å²) >= 11 is 0. The zero-order valence-electron chi connectivity index (χ0n) is 17.1. The van der Waals surface area contributed by atoms with Crippen molar-refractivity contribution < 1.29 is 14.3 Å². The van der Waals surface area contributed by atoms with E-state index in [-0.39, 0.29) is 17.7 Å². The molecule has 5 nitrogen and oxygen atoms in total. The summed E-state index contributed by atoms with van der Waals surface area (Å²) in [6.07, 6.45) is 2.79. The van der Waals surface area contributed by atoms with Crippen LogP contribution < -0.4 is 0 Å². The molecule has 1 aromatic heterocycles. The van der Waals surface area contributed by atoms with Gasteiger partial charge in [-0.2, -0.15) is 0 Å². The van der Waals surface area contributed by atoms with E-state index in [9.17, 15) is 9.59 Å². The van der Waals surface area contributed by atoms with Crippen LogP contribution in [0.4, 0.5) is 0 Å². The van der Waals surface area contributed by atoms with Crippen LogP contribution in [0.3, 0.4) is 0 Å². The van der Waals surface area contributed by atoms with Gasteiger partial charge < -0.3 is 9.72 Å². The zero-order valence-corrected chi connectivity index (χ0v) is 17.1. The number of likely N-dealkylation sites (tertiary alicyclic amines) is 1. The minimum atomic E-state index is 0.0148. The Balaban J connectivity index is 1.53. The van der Waals surface area contributed by atoms with Crippen LogP contribution in [0.2, 0.25) is 0 Å². The van der Waals surface area contributed by atoms with Crippen molar-refractivity contribution in [2.45, 2.75) is 52.7 Å². The first-order valence-electron chi connectivity index (χ1n) is 10.1. The first kappa shape index (κ1) is 20.5. The average Bonchev–Trinajstić information content (AvgIpc) is 3.05. The highest BCUT2D eigenvalue weighted by atomic mass is 16.5. The fourth-order valence-corrected chi connectivity index (χ4v) is 4.05. The number of ketones is 2. The third kappa shape index (κ3) is 4.78. The van der Waals surface area contributed by atoms with E-state index in [1.807, 2.05) is 32.0 Å². The van der Waals surface area contributed by atoms with E-state index >= 15 is 0 Å². The molecule has 1 aromatic carbocycles. The summed E-state index contributed by atoms with van der Waals surface area (Å²) in [5.74, 6) is 0.0807. The average molecular weight is 383 g/mol. The van der Waals surface area contributed by atoms with E-state index < -0.39 is 0 Å². The Bertz CT molecular complexity index is 818. The van der Waals surface area contributed by atoms with Gasteiger partial charge in [0, 0.05) is 24.3 Å². The van der Waals surface area contributed by atoms with E-state index in [1.54, 1.807) is 6.92 Å². The first-order valence-corrected chi connectivity index (χ1v) is 10.1. The second-order valence-corrected chi connectivity index (χ2v) is 7.58. The molecular formula is C23H30N2O3. The molecule has 1 aliphatic heterocycles. The Labute approximate surface area is 167 Å². The van der Waals surface area contributed by atoms with Gasteiger partial charge in [0.1, 0.15) is 0 Å². The number of rotatable bonds is 8. The minimum Gasteiger partial charge on any atom is -0.373 e. The summed E-state index contributed by atoms with van der Waals surface area (Å²) in [6.45, 7) is 8.14. The Hall–Kier alpha value is -2.24. The number of Topliss-reactive ketones (excluding diaryl/α,β-unsaturated/α-hetero) is 2. The number of nitrogens with zero attached hydrogens (tertiary/aromatic N) is 1. The highest BCUT2D eigenvalue weighted by Crippen LogP contribution is 2.22. The lowest BCUT2D eigenvalue weighted by molar-refractivity contribution is -0.00166. The van der Waals surface area contributed by atoms with Gasteiger partial charge in [-0.3, -0.25) is 14.5 Å². The van der Waals surface area contributed by atoms with Crippen molar-refractivity contribution in [1.29, 1.82) is 0 Å². The minimum absolute atomic E-state index is 0.0148. The van der Waals surface area contributed by atoms with Crippen LogP contribution in [0.1, 0.15) is 64.4 Å². The molecule has 0 spiro atoms. The zero-order chi connectivity index (χ0) is 20.1. The smallest absolute Gasteiger partial charge is 0.193 e. The van der Waals surface area contributed by atoms with Gasteiger partial charge in [0.25, 0.3) is 0 Å². The van der Waals surface area contributed by atoms with E-state index in [0.717, 1.165) is 37.2 Å². The molecule has 0 radical (unpaired) electrons. The molecule has 1 fully saturated rings. The summed E-state index contributed by atoms with van der Waals surface area (Å²) in [4.78, 5) is 30.1. The van der Waals surface area contributed by atoms with E-state index in [2.05, 4.69) is 22.0 Å². The Morgan fingerprint density at radius 2 is 1.86 bits per heavy atom. The SMILES string of the molecule is CCc1c(C(=O)CN2CCC(OCc3ccccc3)CC2)[nH]c(C)c1C(C)=O. The van der Waals surface area contributed by atoms with E-state index in [4.69, 9.17) is 4.74 Å². The fourth-order valence-electron chi connectivity index (χ4n) is 4.05. The largest absolute Gasteiger partial charge is 0.373 e. The summed E-state index contributed by atoms with van der Waals surface area (Å²) in [6, 6.07) is 10.2. The highest BCUT2D eigenvalue weighted by molar-refractivity contribution is 6.04. The number of aromatic amines is 1. The maximum absolute atomic E-state index is 12.9. The van der Waals surface area contributed by atoms with Crippen molar-refractivity contribution >= 4 is 11.6 Å². The maximum Gasteiger partial charge on any atom is 0.193 e. The monoisotopic (exact) mass is 382 g/mol. The molecule has 0 unspecified atom stereocenters. The first-order chi connectivity index (χ1) is 13.5.